The molecule has 1 saturated heterocycles. The fourth-order valence-corrected chi connectivity index (χ4v) is 1.30. The number of hydrogen-bond acceptors (Lipinski definition) is 2. The fraction of sp³-hybridized carbons (Fsp3) is 0.875. The fourth-order valence-electron chi connectivity index (χ4n) is 1.30. The third-order valence-corrected chi connectivity index (χ3v) is 2.23. The molecule has 1 aliphatic rings. The summed E-state index contributed by atoms with van der Waals surface area (Å²) in [5, 5.41) is 7.74. The lowest BCUT2D eigenvalue weighted by Gasteiger charge is -2.35. The smallest absolute Gasteiger partial charge is 0.193 e. The Bertz CT molecular complexity index is 164. The SMILES string of the molecule is CN1CCN(C(=N)N(C)C)CC1.Cl. The average molecular weight is 207 g/mol. The van der Waals surface area contributed by atoms with Crippen molar-refractivity contribution in [3.63, 3.8) is 0 Å². The maximum Gasteiger partial charge on any atom is 0.193 e. The second-order valence-electron chi connectivity index (χ2n) is 3.51. The minimum Gasteiger partial charge on any atom is -0.349 e. The van der Waals surface area contributed by atoms with Crippen LogP contribution in [0.25, 0.3) is 0 Å². The first-order chi connectivity index (χ1) is 5.61. The summed E-state index contributed by atoms with van der Waals surface area (Å²) in [5.41, 5.74) is 0. The normalized spacial score (nSPS) is 17.9. The molecule has 0 aromatic heterocycles. The molecule has 0 amide bonds. The van der Waals surface area contributed by atoms with Gasteiger partial charge in [-0.3, -0.25) is 5.41 Å². The summed E-state index contributed by atoms with van der Waals surface area (Å²) in [6.07, 6.45) is 0. The number of rotatable bonds is 0. The molecule has 0 bridgehead atoms. The Morgan fingerprint density at radius 1 is 1.15 bits per heavy atom. The minimum atomic E-state index is 0. The highest BCUT2D eigenvalue weighted by molar-refractivity contribution is 5.85. The number of hydrogen-bond donors (Lipinski definition) is 1. The van der Waals surface area contributed by atoms with E-state index in [-0.39, 0.29) is 12.4 Å². The van der Waals surface area contributed by atoms with Gasteiger partial charge in [-0.2, -0.15) is 0 Å². The van der Waals surface area contributed by atoms with Crippen molar-refractivity contribution in [3.05, 3.63) is 0 Å². The summed E-state index contributed by atoms with van der Waals surface area (Å²) in [6, 6.07) is 0. The summed E-state index contributed by atoms with van der Waals surface area (Å²) < 4.78 is 0. The van der Waals surface area contributed by atoms with Crippen LogP contribution in [0.5, 0.6) is 0 Å². The number of halogens is 1. The number of likely N-dealkylation sites (N-methyl/N-ethyl adjacent to an activating group) is 1. The van der Waals surface area contributed by atoms with Crippen LogP contribution in [0, 0.1) is 5.41 Å². The van der Waals surface area contributed by atoms with Crippen molar-refractivity contribution in [2.45, 2.75) is 0 Å². The van der Waals surface area contributed by atoms with E-state index in [1.165, 1.54) is 0 Å². The largest absolute Gasteiger partial charge is 0.349 e. The van der Waals surface area contributed by atoms with E-state index in [2.05, 4.69) is 16.8 Å². The molecule has 1 fully saturated rings. The zero-order chi connectivity index (χ0) is 9.14. The van der Waals surface area contributed by atoms with E-state index in [1.807, 2.05) is 19.0 Å². The van der Waals surface area contributed by atoms with Crippen LogP contribution in [-0.2, 0) is 0 Å². The predicted octanol–water partition coefficient (Wildman–Crippen LogP) is 0.152. The van der Waals surface area contributed by atoms with Gasteiger partial charge in [0.1, 0.15) is 0 Å². The second kappa shape index (κ2) is 5.29. The van der Waals surface area contributed by atoms with Gasteiger partial charge in [0.05, 0.1) is 0 Å². The first-order valence-corrected chi connectivity index (χ1v) is 4.30. The molecule has 0 radical (unpaired) electrons. The predicted molar refractivity (Wildman–Crippen MR) is 57.7 cm³/mol. The van der Waals surface area contributed by atoms with Crippen molar-refractivity contribution in [2.24, 2.45) is 0 Å². The van der Waals surface area contributed by atoms with Crippen LogP contribution in [0.2, 0.25) is 0 Å². The summed E-state index contributed by atoms with van der Waals surface area (Å²) in [6.45, 7) is 4.09. The molecule has 4 nitrogen and oxygen atoms in total. The molecule has 1 rings (SSSR count). The molecule has 0 aliphatic carbocycles. The Kier molecular flexibility index (Phi) is 5.10. The second-order valence-corrected chi connectivity index (χ2v) is 3.51. The molecule has 5 heteroatoms. The van der Waals surface area contributed by atoms with Crippen LogP contribution >= 0.6 is 12.4 Å². The molecule has 78 valence electrons. The summed E-state index contributed by atoms with van der Waals surface area (Å²) in [4.78, 5) is 6.25. The quantitative estimate of drug-likeness (QED) is 0.453. The molecule has 0 saturated carbocycles. The van der Waals surface area contributed by atoms with Crippen molar-refractivity contribution in [2.75, 3.05) is 47.3 Å². The number of piperazine rings is 1. The Labute approximate surface area is 86.4 Å². The highest BCUT2D eigenvalue weighted by Crippen LogP contribution is 2.00. The van der Waals surface area contributed by atoms with Gasteiger partial charge in [-0.05, 0) is 7.05 Å². The van der Waals surface area contributed by atoms with E-state index in [1.54, 1.807) is 0 Å². The van der Waals surface area contributed by atoms with Crippen LogP contribution in [-0.4, -0.2) is 68.0 Å². The molecular formula is C8H19ClN4. The zero-order valence-electron chi connectivity index (χ0n) is 8.58. The van der Waals surface area contributed by atoms with Crippen molar-refractivity contribution in [3.8, 4) is 0 Å². The van der Waals surface area contributed by atoms with Crippen molar-refractivity contribution < 1.29 is 0 Å². The van der Waals surface area contributed by atoms with Gasteiger partial charge in [0.15, 0.2) is 5.96 Å². The summed E-state index contributed by atoms with van der Waals surface area (Å²) in [7, 11) is 5.96. The Morgan fingerprint density at radius 3 is 2.00 bits per heavy atom. The van der Waals surface area contributed by atoms with E-state index >= 15 is 0 Å². The van der Waals surface area contributed by atoms with Crippen molar-refractivity contribution >= 4 is 18.4 Å². The van der Waals surface area contributed by atoms with E-state index in [4.69, 9.17) is 5.41 Å². The average Bonchev–Trinajstić information content (AvgIpc) is 2.04. The first-order valence-electron chi connectivity index (χ1n) is 4.30. The number of nitrogens with one attached hydrogen (secondary N) is 1. The Balaban J connectivity index is 0.00000144. The van der Waals surface area contributed by atoms with Gasteiger partial charge < -0.3 is 14.7 Å². The van der Waals surface area contributed by atoms with Crippen LogP contribution in [0.1, 0.15) is 0 Å². The van der Waals surface area contributed by atoms with Gasteiger partial charge in [-0.25, -0.2) is 0 Å². The number of guanidine groups is 1. The van der Waals surface area contributed by atoms with Gasteiger partial charge in [0.2, 0.25) is 0 Å². The lowest BCUT2D eigenvalue weighted by atomic mass is 10.3. The van der Waals surface area contributed by atoms with Gasteiger partial charge in [0.25, 0.3) is 0 Å². The minimum absolute atomic E-state index is 0. The monoisotopic (exact) mass is 206 g/mol. The topological polar surface area (TPSA) is 33.6 Å². The summed E-state index contributed by atoms with van der Waals surface area (Å²) >= 11 is 0. The van der Waals surface area contributed by atoms with Crippen LogP contribution in [0.15, 0.2) is 0 Å². The molecule has 1 aliphatic heterocycles. The van der Waals surface area contributed by atoms with E-state index in [0.29, 0.717) is 5.96 Å². The van der Waals surface area contributed by atoms with Gasteiger partial charge in [0, 0.05) is 40.3 Å². The molecule has 1 heterocycles. The van der Waals surface area contributed by atoms with Crippen molar-refractivity contribution in [1.29, 1.82) is 5.41 Å². The van der Waals surface area contributed by atoms with E-state index in [9.17, 15) is 0 Å². The maximum absolute atomic E-state index is 7.74. The van der Waals surface area contributed by atoms with E-state index < -0.39 is 0 Å². The van der Waals surface area contributed by atoms with Crippen LogP contribution in [0.3, 0.4) is 0 Å². The standard InChI is InChI=1S/C8H18N4.ClH/c1-10(2)8(9)12-6-4-11(3)5-7-12;/h9H,4-7H2,1-3H3;1H. The molecule has 0 aromatic rings. The first kappa shape index (κ1) is 12.5. The van der Waals surface area contributed by atoms with E-state index in [0.717, 1.165) is 26.2 Å². The molecule has 0 aromatic carbocycles. The maximum atomic E-state index is 7.74. The van der Waals surface area contributed by atoms with Crippen LogP contribution in [0.4, 0.5) is 0 Å². The van der Waals surface area contributed by atoms with Gasteiger partial charge in [-0.1, -0.05) is 0 Å². The molecule has 0 atom stereocenters. The lowest BCUT2D eigenvalue weighted by Crippen LogP contribution is -2.50. The third-order valence-electron chi connectivity index (χ3n) is 2.23. The Hall–Kier alpha value is -0.480. The molecule has 13 heavy (non-hydrogen) atoms. The van der Waals surface area contributed by atoms with Crippen LogP contribution < -0.4 is 0 Å². The third kappa shape index (κ3) is 3.40. The molecule has 0 spiro atoms. The molecule has 1 N–H and O–H groups in total. The molecule has 0 unspecified atom stereocenters. The van der Waals surface area contributed by atoms with Gasteiger partial charge >= 0.3 is 0 Å². The summed E-state index contributed by atoms with van der Waals surface area (Å²) in [5.74, 6) is 0.628. The van der Waals surface area contributed by atoms with Gasteiger partial charge in [-0.15, -0.1) is 12.4 Å². The lowest BCUT2D eigenvalue weighted by molar-refractivity contribution is 0.202. The van der Waals surface area contributed by atoms with Crippen molar-refractivity contribution in [1.82, 2.24) is 14.7 Å². The highest BCUT2D eigenvalue weighted by Gasteiger charge is 2.16. The molecular weight excluding hydrogens is 188 g/mol. The highest BCUT2D eigenvalue weighted by atomic mass is 35.5. The zero-order valence-corrected chi connectivity index (χ0v) is 9.39. The number of nitrogens with zero attached hydrogens (tertiary/aromatic N) is 3. The Morgan fingerprint density at radius 2 is 1.62 bits per heavy atom.